The minimum atomic E-state index is -2.55. The van der Waals surface area contributed by atoms with Crippen molar-refractivity contribution in [3.05, 3.63) is 30.0 Å². The molecule has 2 heterocycles. The van der Waals surface area contributed by atoms with Crippen LogP contribution in [-0.2, 0) is 0 Å². The number of hydrogen-bond acceptors (Lipinski definition) is 3. The second-order valence-electron chi connectivity index (χ2n) is 5.41. The van der Waals surface area contributed by atoms with Crippen LogP contribution in [0, 0.1) is 6.92 Å². The summed E-state index contributed by atoms with van der Waals surface area (Å²) in [6, 6.07) is 7.59. The Hall–Kier alpha value is -1.91. The summed E-state index contributed by atoms with van der Waals surface area (Å²) < 4.78 is 26.6. The Balaban J connectivity index is 2.04. The number of nitrogen functional groups attached to an aromatic ring is 1. The van der Waals surface area contributed by atoms with E-state index < -0.39 is 5.92 Å². The fourth-order valence-electron chi connectivity index (χ4n) is 2.65. The van der Waals surface area contributed by atoms with Crippen LogP contribution in [0.5, 0.6) is 0 Å². The van der Waals surface area contributed by atoms with Crippen LogP contribution in [0.2, 0.25) is 0 Å². The zero-order valence-corrected chi connectivity index (χ0v) is 11.4. The smallest absolute Gasteiger partial charge is 0.251 e. The maximum Gasteiger partial charge on any atom is 0.251 e. The first-order valence-corrected chi connectivity index (χ1v) is 6.74. The van der Waals surface area contributed by atoms with Crippen molar-refractivity contribution in [1.29, 1.82) is 0 Å². The van der Waals surface area contributed by atoms with Crippen molar-refractivity contribution < 1.29 is 8.78 Å². The number of piperidine rings is 1. The van der Waals surface area contributed by atoms with Gasteiger partial charge in [-0.25, -0.2) is 8.78 Å². The van der Waals surface area contributed by atoms with E-state index in [1.165, 1.54) is 0 Å². The van der Waals surface area contributed by atoms with E-state index in [9.17, 15) is 8.78 Å². The summed E-state index contributed by atoms with van der Waals surface area (Å²) in [4.78, 5) is 6.50. The second-order valence-corrected chi connectivity index (χ2v) is 5.41. The second kappa shape index (κ2) is 4.58. The van der Waals surface area contributed by atoms with Gasteiger partial charge in [-0.3, -0.25) is 4.98 Å². The number of hydrogen-bond donors (Lipinski definition) is 1. The van der Waals surface area contributed by atoms with Gasteiger partial charge in [-0.2, -0.15) is 0 Å². The molecule has 0 saturated carbocycles. The highest BCUT2D eigenvalue weighted by Crippen LogP contribution is 2.34. The number of nitrogens with two attached hydrogens (primary N) is 1. The Bertz CT molecular complexity index is 645. The fraction of sp³-hybridized carbons (Fsp3) is 0.400. The van der Waals surface area contributed by atoms with Gasteiger partial charge in [-0.15, -0.1) is 0 Å². The molecule has 2 aromatic rings. The van der Waals surface area contributed by atoms with Crippen molar-refractivity contribution in [2.45, 2.75) is 25.7 Å². The maximum absolute atomic E-state index is 13.3. The molecule has 20 heavy (non-hydrogen) atoms. The SMILES string of the molecule is Cc1ccc2cc(N)cc(N3CCC(F)(F)CC3)c2n1. The van der Waals surface area contributed by atoms with Gasteiger partial charge in [0, 0.05) is 42.7 Å². The lowest BCUT2D eigenvalue weighted by Gasteiger charge is -2.34. The number of aromatic nitrogens is 1. The topological polar surface area (TPSA) is 42.1 Å². The molecule has 0 aliphatic carbocycles. The lowest BCUT2D eigenvalue weighted by molar-refractivity contribution is -0.0220. The number of aryl methyl sites for hydroxylation is 1. The molecule has 1 aliphatic heterocycles. The first-order valence-electron chi connectivity index (χ1n) is 6.74. The van der Waals surface area contributed by atoms with Crippen LogP contribution >= 0.6 is 0 Å². The molecule has 0 amide bonds. The van der Waals surface area contributed by atoms with E-state index in [1.807, 2.05) is 36.1 Å². The molecule has 3 rings (SSSR count). The average Bonchev–Trinajstić information content (AvgIpc) is 2.39. The number of anilines is 2. The molecule has 0 radical (unpaired) electrons. The van der Waals surface area contributed by atoms with Gasteiger partial charge in [0.1, 0.15) is 0 Å². The highest BCUT2D eigenvalue weighted by molar-refractivity contribution is 5.94. The summed E-state index contributed by atoms with van der Waals surface area (Å²) in [6.07, 6.45) is -0.232. The summed E-state index contributed by atoms with van der Waals surface area (Å²) in [5, 5.41) is 0.947. The Morgan fingerprint density at radius 2 is 1.90 bits per heavy atom. The molecule has 1 fully saturated rings. The van der Waals surface area contributed by atoms with E-state index in [2.05, 4.69) is 4.98 Å². The standard InChI is InChI=1S/C15H17F2N3/c1-10-2-3-11-8-12(18)9-13(14(11)19-10)20-6-4-15(16,17)5-7-20/h2-3,8-9H,4-7,18H2,1H3. The van der Waals surface area contributed by atoms with Crippen molar-refractivity contribution in [2.75, 3.05) is 23.7 Å². The van der Waals surface area contributed by atoms with Crippen LogP contribution in [0.4, 0.5) is 20.2 Å². The number of benzene rings is 1. The van der Waals surface area contributed by atoms with Gasteiger partial charge in [0.15, 0.2) is 0 Å². The van der Waals surface area contributed by atoms with Crippen molar-refractivity contribution in [1.82, 2.24) is 4.98 Å². The molecular formula is C15H17F2N3. The van der Waals surface area contributed by atoms with E-state index in [0.29, 0.717) is 18.8 Å². The number of alkyl halides is 2. The number of fused-ring (bicyclic) bond motifs is 1. The summed E-state index contributed by atoms with van der Waals surface area (Å²) in [5.41, 5.74) is 9.16. The largest absolute Gasteiger partial charge is 0.399 e. The average molecular weight is 277 g/mol. The van der Waals surface area contributed by atoms with Crippen LogP contribution in [0.25, 0.3) is 10.9 Å². The third-order valence-electron chi connectivity index (χ3n) is 3.77. The van der Waals surface area contributed by atoms with Gasteiger partial charge in [-0.05, 0) is 25.1 Å². The van der Waals surface area contributed by atoms with Gasteiger partial charge < -0.3 is 10.6 Å². The molecule has 3 nitrogen and oxygen atoms in total. The molecule has 5 heteroatoms. The molecule has 2 N–H and O–H groups in total. The summed E-state index contributed by atoms with van der Waals surface area (Å²) in [5.74, 6) is -2.55. The van der Waals surface area contributed by atoms with Crippen LogP contribution in [0.3, 0.4) is 0 Å². The van der Waals surface area contributed by atoms with Crippen molar-refractivity contribution >= 4 is 22.3 Å². The zero-order chi connectivity index (χ0) is 14.3. The van der Waals surface area contributed by atoms with Gasteiger partial charge in [0.05, 0.1) is 11.2 Å². The normalized spacial score (nSPS) is 18.4. The zero-order valence-electron chi connectivity index (χ0n) is 11.4. The van der Waals surface area contributed by atoms with Gasteiger partial charge >= 0.3 is 0 Å². The monoisotopic (exact) mass is 277 g/mol. The van der Waals surface area contributed by atoms with E-state index in [-0.39, 0.29) is 12.8 Å². The number of nitrogens with zero attached hydrogens (tertiary/aromatic N) is 2. The van der Waals surface area contributed by atoms with Gasteiger partial charge in [-0.1, -0.05) is 6.07 Å². The third-order valence-corrected chi connectivity index (χ3v) is 3.77. The molecule has 0 unspecified atom stereocenters. The minimum absolute atomic E-state index is 0.116. The lowest BCUT2D eigenvalue weighted by Crippen LogP contribution is -2.39. The molecule has 1 aliphatic rings. The maximum atomic E-state index is 13.3. The summed E-state index contributed by atoms with van der Waals surface area (Å²) in [7, 11) is 0. The number of pyridine rings is 1. The first-order chi connectivity index (χ1) is 9.44. The van der Waals surface area contributed by atoms with E-state index in [1.54, 1.807) is 0 Å². The Kier molecular flexibility index (Phi) is 3.00. The quantitative estimate of drug-likeness (QED) is 0.813. The van der Waals surface area contributed by atoms with Crippen LogP contribution in [0.1, 0.15) is 18.5 Å². The van der Waals surface area contributed by atoms with Crippen molar-refractivity contribution in [2.24, 2.45) is 0 Å². The molecule has 1 saturated heterocycles. The van der Waals surface area contributed by atoms with Crippen LogP contribution in [-0.4, -0.2) is 24.0 Å². The lowest BCUT2D eigenvalue weighted by atomic mass is 10.0. The van der Waals surface area contributed by atoms with Crippen LogP contribution < -0.4 is 10.6 Å². The van der Waals surface area contributed by atoms with E-state index >= 15 is 0 Å². The summed E-state index contributed by atoms with van der Waals surface area (Å²) >= 11 is 0. The van der Waals surface area contributed by atoms with Crippen LogP contribution in [0.15, 0.2) is 24.3 Å². The first kappa shape index (κ1) is 13.1. The molecule has 0 atom stereocenters. The number of halogens is 2. The Morgan fingerprint density at radius 3 is 2.60 bits per heavy atom. The highest BCUT2D eigenvalue weighted by Gasteiger charge is 2.34. The molecule has 0 spiro atoms. The third kappa shape index (κ3) is 2.40. The predicted molar refractivity (Wildman–Crippen MR) is 77.3 cm³/mol. The molecule has 1 aromatic heterocycles. The van der Waals surface area contributed by atoms with E-state index in [4.69, 9.17) is 5.73 Å². The van der Waals surface area contributed by atoms with Gasteiger partial charge in [0.25, 0.3) is 5.92 Å². The minimum Gasteiger partial charge on any atom is -0.399 e. The summed E-state index contributed by atoms with van der Waals surface area (Å²) in [6.45, 7) is 2.59. The Morgan fingerprint density at radius 1 is 1.20 bits per heavy atom. The van der Waals surface area contributed by atoms with Crippen molar-refractivity contribution in [3.8, 4) is 0 Å². The van der Waals surface area contributed by atoms with Gasteiger partial charge in [0.2, 0.25) is 0 Å². The molecular weight excluding hydrogens is 260 g/mol. The highest BCUT2D eigenvalue weighted by atomic mass is 19.3. The molecule has 106 valence electrons. The van der Waals surface area contributed by atoms with E-state index in [0.717, 1.165) is 22.3 Å². The number of rotatable bonds is 1. The molecule has 1 aromatic carbocycles. The Labute approximate surface area is 116 Å². The van der Waals surface area contributed by atoms with Crippen molar-refractivity contribution in [3.63, 3.8) is 0 Å². The predicted octanol–water partition coefficient (Wildman–Crippen LogP) is 3.36. The fourth-order valence-corrected chi connectivity index (χ4v) is 2.65. The molecule has 0 bridgehead atoms.